The SMILES string of the molecule is O=C(CC1CCN(Cc2ccccc2)CC1)NC1CCc2n[nH]c(=O)n2CC1. The standard InChI is InChI=1S/C21H29N5O2/c27-20(22-18-6-7-19-23-24-21(28)26(19)13-10-18)14-16-8-11-25(12-9-16)15-17-4-2-1-3-5-17/h1-5,16,18H,6-15H2,(H,22,27)(H,24,28). The third-order valence-corrected chi connectivity index (χ3v) is 6.05. The van der Waals surface area contributed by atoms with Crippen LogP contribution in [0.4, 0.5) is 0 Å². The van der Waals surface area contributed by atoms with Crippen LogP contribution in [0, 0.1) is 5.92 Å². The van der Waals surface area contributed by atoms with Gasteiger partial charge in [-0.15, -0.1) is 0 Å². The Morgan fingerprint density at radius 3 is 2.68 bits per heavy atom. The van der Waals surface area contributed by atoms with Gasteiger partial charge in [0.05, 0.1) is 0 Å². The number of amides is 1. The minimum absolute atomic E-state index is 0.131. The lowest BCUT2D eigenvalue weighted by atomic mass is 9.92. The van der Waals surface area contributed by atoms with Crippen LogP contribution in [-0.4, -0.2) is 44.7 Å². The van der Waals surface area contributed by atoms with E-state index in [9.17, 15) is 9.59 Å². The zero-order valence-corrected chi connectivity index (χ0v) is 16.3. The first-order valence-electron chi connectivity index (χ1n) is 10.4. The molecule has 2 N–H and O–H groups in total. The molecule has 1 unspecified atom stereocenters. The average Bonchev–Trinajstić information content (AvgIpc) is 2.93. The van der Waals surface area contributed by atoms with E-state index in [1.54, 1.807) is 4.57 Å². The predicted octanol–water partition coefficient (Wildman–Crippen LogP) is 1.69. The second-order valence-electron chi connectivity index (χ2n) is 8.10. The fourth-order valence-corrected chi connectivity index (χ4v) is 4.39. The van der Waals surface area contributed by atoms with Gasteiger partial charge in [0.15, 0.2) is 0 Å². The molecule has 150 valence electrons. The molecule has 1 amide bonds. The Morgan fingerprint density at radius 2 is 1.89 bits per heavy atom. The van der Waals surface area contributed by atoms with E-state index < -0.39 is 0 Å². The minimum Gasteiger partial charge on any atom is -0.353 e. The van der Waals surface area contributed by atoms with Crippen LogP contribution < -0.4 is 11.0 Å². The number of benzene rings is 1. The van der Waals surface area contributed by atoms with Gasteiger partial charge in [0, 0.05) is 32.0 Å². The van der Waals surface area contributed by atoms with Crippen molar-refractivity contribution in [3.05, 3.63) is 52.2 Å². The summed E-state index contributed by atoms with van der Waals surface area (Å²) in [6.45, 7) is 3.73. The van der Waals surface area contributed by atoms with Crippen LogP contribution in [0.25, 0.3) is 0 Å². The number of fused-ring (bicyclic) bond motifs is 1. The molecular formula is C21H29N5O2. The number of hydrogen-bond donors (Lipinski definition) is 2. The van der Waals surface area contributed by atoms with Crippen LogP contribution in [0.2, 0.25) is 0 Å². The van der Waals surface area contributed by atoms with Gasteiger partial charge in [-0.2, -0.15) is 5.10 Å². The molecule has 1 saturated heterocycles. The first kappa shape index (κ1) is 18.9. The highest BCUT2D eigenvalue weighted by Gasteiger charge is 2.24. The molecule has 1 atom stereocenters. The summed E-state index contributed by atoms with van der Waals surface area (Å²) in [5.41, 5.74) is 1.20. The highest BCUT2D eigenvalue weighted by Crippen LogP contribution is 2.22. The van der Waals surface area contributed by atoms with Crippen molar-refractivity contribution in [2.24, 2.45) is 5.92 Å². The number of H-pyrrole nitrogens is 1. The second kappa shape index (κ2) is 8.73. The summed E-state index contributed by atoms with van der Waals surface area (Å²) in [6.07, 6.45) is 5.12. The van der Waals surface area contributed by atoms with E-state index in [0.717, 1.165) is 57.6 Å². The first-order valence-corrected chi connectivity index (χ1v) is 10.4. The van der Waals surface area contributed by atoms with Crippen LogP contribution in [0.15, 0.2) is 35.1 Å². The highest BCUT2D eigenvalue weighted by molar-refractivity contribution is 5.76. The molecule has 1 fully saturated rings. The Morgan fingerprint density at radius 1 is 1.11 bits per heavy atom. The van der Waals surface area contributed by atoms with Crippen molar-refractivity contribution < 1.29 is 4.79 Å². The summed E-state index contributed by atoms with van der Waals surface area (Å²) in [6, 6.07) is 10.7. The Kier molecular flexibility index (Phi) is 5.90. The third-order valence-electron chi connectivity index (χ3n) is 6.05. The molecule has 4 rings (SSSR count). The van der Waals surface area contributed by atoms with Gasteiger partial charge in [0.2, 0.25) is 5.91 Å². The third kappa shape index (κ3) is 4.70. The topological polar surface area (TPSA) is 83.0 Å². The van der Waals surface area contributed by atoms with Gasteiger partial charge in [0.1, 0.15) is 5.82 Å². The predicted molar refractivity (Wildman–Crippen MR) is 107 cm³/mol. The van der Waals surface area contributed by atoms with Crippen molar-refractivity contribution >= 4 is 5.91 Å². The van der Waals surface area contributed by atoms with Gasteiger partial charge in [0.25, 0.3) is 0 Å². The van der Waals surface area contributed by atoms with Crippen LogP contribution >= 0.6 is 0 Å². The van der Waals surface area contributed by atoms with Crippen molar-refractivity contribution in [2.45, 2.75) is 57.7 Å². The number of likely N-dealkylation sites (tertiary alicyclic amines) is 1. The monoisotopic (exact) mass is 383 g/mol. The number of carbonyl (C=O) groups is 1. The Bertz CT molecular complexity index is 836. The zero-order chi connectivity index (χ0) is 19.3. The average molecular weight is 383 g/mol. The number of hydrogen-bond acceptors (Lipinski definition) is 4. The molecule has 0 radical (unpaired) electrons. The normalized spacial score (nSPS) is 21.1. The summed E-state index contributed by atoms with van der Waals surface area (Å²) in [7, 11) is 0. The maximum Gasteiger partial charge on any atom is 0.343 e. The van der Waals surface area contributed by atoms with E-state index in [2.05, 4.69) is 50.7 Å². The summed E-state index contributed by atoms with van der Waals surface area (Å²) < 4.78 is 1.69. The lowest BCUT2D eigenvalue weighted by Gasteiger charge is -2.32. The highest BCUT2D eigenvalue weighted by atomic mass is 16.2. The van der Waals surface area contributed by atoms with Crippen LogP contribution in [-0.2, 0) is 24.3 Å². The Balaban J connectivity index is 1.19. The summed E-state index contributed by atoms with van der Waals surface area (Å²) >= 11 is 0. The molecule has 3 heterocycles. The molecule has 2 aromatic rings. The molecule has 0 aliphatic carbocycles. The number of carbonyl (C=O) groups excluding carboxylic acids is 1. The van der Waals surface area contributed by atoms with Crippen LogP contribution in [0.3, 0.4) is 0 Å². The molecule has 7 nitrogen and oxygen atoms in total. The van der Waals surface area contributed by atoms with Crippen molar-refractivity contribution in [1.29, 1.82) is 0 Å². The summed E-state index contributed by atoms with van der Waals surface area (Å²) in [5.74, 6) is 1.42. The van der Waals surface area contributed by atoms with Crippen molar-refractivity contribution in [2.75, 3.05) is 13.1 Å². The number of rotatable bonds is 5. The van der Waals surface area contributed by atoms with E-state index >= 15 is 0 Å². The smallest absolute Gasteiger partial charge is 0.343 e. The lowest BCUT2D eigenvalue weighted by molar-refractivity contribution is -0.123. The van der Waals surface area contributed by atoms with Gasteiger partial charge < -0.3 is 5.32 Å². The first-order chi connectivity index (χ1) is 13.7. The van der Waals surface area contributed by atoms with Crippen LogP contribution in [0.1, 0.15) is 43.5 Å². The fraction of sp³-hybridized carbons (Fsp3) is 0.571. The molecule has 1 aromatic carbocycles. The van der Waals surface area contributed by atoms with Gasteiger partial charge in [-0.3, -0.25) is 14.3 Å². The molecule has 7 heteroatoms. The van der Waals surface area contributed by atoms with E-state index in [4.69, 9.17) is 0 Å². The number of aryl methyl sites for hydroxylation is 1. The maximum atomic E-state index is 12.5. The van der Waals surface area contributed by atoms with Gasteiger partial charge in [-0.25, -0.2) is 9.89 Å². The maximum absolute atomic E-state index is 12.5. The number of aromatic nitrogens is 3. The molecular weight excluding hydrogens is 354 g/mol. The molecule has 2 aliphatic heterocycles. The quantitative estimate of drug-likeness (QED) is 0.823. The zero-order valence-electron chi connectivity index (χ0n) is 16.3. The molecule has 0 spiro atoms. The Hall–Kier alpha value is -2.41. The number of nitrogens with zero attached hydrogens (tertiary/aromatic N) is 3. The Labute approximate surface area is 165 Å². The number of piperidine rings is 1. The van der Waals surface area contributed by atoms with Gasteiger partial charge >= 0.3 is 5.69 Å². The molecule has 0 bridgehead atoms. The molecule has 28 heavy (non-hydrogen) atoms. The van der Waals surface area contributed by atoms with Gasteiger partial charge in [-0.05, 0) is 50.3 Å². The van der Waals surface area contributed by atoms with E-state index in [0.29, 0.717) is 18.9 Å². The number of aromatic amines is 1. The van der Waals surface area contributed by atoms with Crippen molar-refractivity contribution in [1.82, 2.24) is 25.0 Å². The van der Waals surface area contributed by atoms with E-state index in [-0.39, 0.29) is 17.6 Å². The van der Waals surface area contributed by atoms with E-state index in [1.165, 1.54) is 5.56 Å². The fourth-order valence-electron chi connectivity index (χ4n) is 4.39. The minimum atomic E-state index is -0.149. The lowest BCUT2D eigenvalue weighted by Crippen LogP contribution is -2.39. The number of nitrogens with one attached hydrogen (secondary N) is 2. The summed E-state index contributed by atoms with van der Waals surface area (Å²) in [4.78, 5) is 26.7. The van der Waals surface area contributed by atoms with E-state index in [1.807, 2.05) is 0 Å². The molecule has 2 aliphatic rings. The molecule has 1 aromatic heterocycles. The van der Waals surface area contributed by atoms with Crippen LogP contribution in [0.5, 0.6) is 0 Å². The summed E-state index contributed by atoms with van der Waals surface area (Å²) in [5, 5.41) is 9.77. The van der Waals surface area contributed by atoms with Crippen molar-refractivity contribution in [3.8, 4) is 0 Å². The van der Waals surface area contributed by atoms with Crippen molar-refractivity contribution in [3.63, 3.8) is 0 Å². The molecule has 0 saturated carbocycles. The second-order valence-corrected chi connectivity index (χ2v) is 8.10. The van der Waals surface area contributed by atoms with Gasteiger partial charge in [-0.1, -0.05) is 30.3 Å². The largest absolute Gasteiger partial charge is 0.353 e.